The maximum atomic E-state index is 6.21. The smallest absolute Gasteiger partial charge is 0.173 e. The molecule has 0 amide bonds. The number of anilines is 1. The molecule has 0 saturated carbocycles. The summed E-state index contributed by atoms with van der Waals surface area (Å²) in [5.41, 5.74) is 1.96. The van der Waals surface area contributed by atoms with E-state index in [1.807, 2.05) is 25.1 Å². The highest BCUT2D eigenvalue weighted by molar-refractivity contribution is 7.80. The fourth-order valence-corrected chi connectivity index (χ4v) is 3.92. The summed E-state index contributed by atoms with van der Waals surface area (Å²) in [6, 6.07) is 10.0. The molecular weight excluding hydrogens is 360 g/mol. The molecule has 24 heavy (non-hydrogen) atoms. The minimum atomic E-state index is 0.255. The summed E-state index contributed by atoms with van der Waals surface area (Å²) in [6.07, 6.45) is 2.48. The Balaban J connectivity index is 1.72. The average Bonchev–Trinajstić information content (AvgIpc) is 3.25. The number of ether oxygens (including phenoxy) is 1. The van der Waals surface area contributed by atoms with Crippen molar-refractivity contribution in [1.82, 2.24) is 4.90 Å². The topological polar surface area (TPSA) is 24.5 Å². The molecule has 1 atom stereocenters. The number of nitrogens with zero attached hydrogens (tertiary/aromatic N) is 1. The summed E-state index contributed by atoms with van der Waals surface area (Å²) >= 11 is 13.7. The largest absolute Gasteiger partial charge is 0.376 e. The van der Waals surface area contributed by atoms with E-state index < -0.39 is 0 Å². The van der Waals surface area contributed by atoms with Crippen LogP contribution in [0.4, 0.5) is 5.69 Å². The highest BCUT2D eigenvalue weighted by Crippen LogP contribution is 2.24. The lowest BCUT2D eigenvalue weighted by Gasteiger charge is -2.28. The van der Waals surface area contributed by atoms with Gasteiger partial charge in [-0.15, -0.1) is 11.3 Å². The zero-order valence-corrected chi connectivity index (χ0v) is 16.0. The highest BCUT2D eigenvalue weighted by atomic mass is 35.5. The molecule has 1 aliphatic heterocycles. The Labute approximate surface area is 157 Å². The summed E-state index contributed by atoms with van der Waals surface area (Å²) in [4.78, 5) is 3.48. The molecule has 0 spiro atoms. The molecule has 1 aromatic carbocycles. The molecule has 3 rings (SSSR count). The monoisotopic (exact) mass is 380 g/mol. The molecule has 1 fully saturated rings. The Hall–Kier alpha value is -1.14. The Morgan fingerprint density at radius 3 is 3.00 bits per heavy atom. The molecule has 1 aliphatic rings. The third kappa shape index (κ3) is 4.48. The zero-order chi connectivity index (χ0) is 16.9. The van der Waals surface area contributed by atoms with E-state index in [4.69, 9.17) is 28.6 Å². The van der Waals surface area contributed by atoms with Crippen LogP contribution < -0.4 is 5.32 Å². The second kappa shape index (κ2) is 8.30. The number of halogens is 1. The summed E-state index contributed by atoms with van der Waals surface area (Å²) in [6.45, 7) is 4.45. The van der Waals surface area contributed by atoms with E-state index in [1.165, 1.54) is 4.88 Å². The van der Waals surface area contributed by atoms with Gasteiger partial charge in [0, 0.05) is 28.7 Å². The van der Waals surface area contributed by atoms with Crippen LogP contribution in [0.5, 0.6) is 0 Å². The Kier molecular flexibility index (Phi) is 6.11. The lowest BCUT2D eigenvalue weighted by atomic mass is 10.2. The van der Waals surface area contributed by atoms with Crippen LogP contribution in [0.1, 0.15) is 23.3 Å². The predicted octanol–water partition coefficient (Wildman–Crippen LogP) is 5.09. The fourth-order valence-electron chi connectivity index (χ4n) is 2.78. The first-order valence-electron chi connectivity index (χ1n) is 8.08. The molecule has 1 N–H and O–H groups in total. The van der Waals surface area contributed by atoms with Gasteiger partial charge in [0.25, 0.3) is 0 Å². The maximum absolute atomic E-state index is 6.21. The molecular formula is C18H21ClN2OS2. The van der Waals surface area contributed by atoms with E-state index in [0.29, 0.717) is 5.11 Å². The van der Waals surface area contributed by atoms with Gasteiger partial charge >= 0.3 is 0 Å². The van der Waals surface area contributed by atoms with Crippen molar-refractivity contribution >= 4 is 46.0 Å². The molecule has 6 heteroatoms. The molecule has 0 aliphatic carbocycles. The van der Waals surface area contributed by atoms with Crippen LogP contribution in [-0.2, 0) is 11.3 Å². The van der Waals surface area contributed by atoms with Crippen molar-refractivity contribution in [3.63, 3.8) is 0 Å². The number of rotatable bonds is 5. The number of benzene rings is 1. The van der Waals surface area contributed by atoms with Gasteiger partial charge in [-0.05, 0) is 61.1 Å². The van der Waals surface area contributed by atoms with Crippen LogP contribution in [0.25, 0.3) is 0 Å². The first-order chi connectivity index (χ1) is 11.6. The summed E-state index contributed by atoms with van der Waals surface area (Å²) in [5.74, 6) is 0. The van der Waals surface area contributed by atoms with Gasteiger partial charge in [-0.1, -0.05) is 23.7 Å². The Morgan fingerprint density at radius 1 is 1.42 bits per heavy atom. The van der Waals surface area contributed by atoms with Crippen molar-refractivity contribution in [2.45, 2.75) is 32.4 Å². The fraction of sp³-hybridized carbons (Fsp3) is 0.389. The molecule has 2 heterocycles. The molecule has 3 nitrogen and oxygen atoms in total. The molecule has 128 valence electrons. The molecule has 1 aromatic heterocycles. The third-order valence-electron chi connectivity index (χ3n) is 4.17. The second-order valence-corrected chi connectivity index (χ2v) is 7.76. The standard InChI is InChI=1S/C18H21ClN2OS2/c1-13-16(19)7-2-8-17(13)20-18(23)21(11-14-5-3-9-22-14)12-15-6-4-10-24-15/h2,4,6-8,10,14H,3,5,9,11-12H2,1H3,(H,20,23)/t14-/m1/s1. The van der Waals surface area contributed by atoms with Gasteiger partial charge < -0.3 is 15.0 Å². The van der Waals surface area contributed by atoms with Gasteiger partial charge in [0.1, 0.15) is 0 Å². The molecule has 0 unspecified atom stereocenters. The van der Waals surface area contributed by atoms with Crippen LogP contribution in [-0.4, -0.2) is 29.3 Å². The second-order valence-electron chi connectivity index (χ2n) is 5.94. The number of thiocarbonyl (C=S) groups is 1. The quantitative estimate of drug-likeness (QED) is 0.730. The Bertz CT molecular complexity index is 684. The average molecular weight is 381 g/mol. The Morgan fingerprint density at radius 2 is 2.29 bits per heavy atom. The summed E-state index contributed by atoms with van der Waals surface area (Å²) in [5, 5.41) is 6.91. The molecule has 0 bridgehead atoms. The first kappa shape index (κ1) is 17.7. The maximum Gasteiger partial charge on any atom is 0.173 e. The van der Waals surface area contributed by atoms with Gasteiger partial charge in [0.05, 0.1) is 12.6 Å². The van der Waals surface area contributed by atoms with Crippen molar-refractivity contribution in [1.29, 1.82) is 0 Å². The SMILES string of the molecule is Cc1c(Cl)cccc1NC(=S)N(Cc1cccs1)C[C@H]1CCCO1. The van der Waals surface area contributed by atoms with E-state index in [-0.39, 0.29) is 6.10 Å². The van der Waals surface area contributed by atoms with Crippen molar-refractivity contribution in [3.8, 4) is 0 Å². The van der Waals surface area contributed by atoms with Gasteiger partial charge in [-0.3, -0.25) is 0 Å². The highest BCUT2D eigenvalue weighted by Gasteiger charge is 2.21. The number of hydrogen-bond donors (Lipinski definition) is 1. The predicted molar refractivity (Wildman–Crippen MR) is 106 cm³/mol. The lowest BCUT2D eigenvalue weighted by molar-refractivity contribution is 0.0907. The van der Waals surface area contributed by atoms with Crippen LogP contribution in [0.3, 0.4) is 0 Å². The molecule has 1 saturated heterocycles. The normalized spacial score (nSPS) is 17.0. The van der Waals surface area contributed by atoms with Crippen LogP contribution in [0, 0.1) is 6.92 Å². The van der Waals surface area contributed by atoms with Crippen molar-refractivity contribution < 1.29 is 4.74 Å². The summed E-state index contributed by atoms with van der Waals surface area (Å²) in [7, 11) is 0. The van der Waals surface area contributed by atoms with Gasteiger partial charge in [-0.2, -0.15) is 0 Å². The van der Waals surface area contributed by atoms with E-state index in [2.05, 4.69) is 27.7 Å². The minimum Gasteiger partial charge on any atom is -0.376 e. The number of thiophene rings is 1. The van der Waals surface area contributed by atoms with Crippen LogP contribution in [0.15, 0.2) is 35.7 Å². The molecule has 0 radical (unpaired) electrons. The van der Waals surface area contributed by atoms with Crippen molar-refractivity contribution in [2.24, 2.45) is 0 Å². The van der Waals surface area contributed by atoms with E-state index in [9.17, 15) is 0 Å². The van der Waals surface area contributed by atoms with E-state index >= 15 is 0 Å². The van der Waals surface area contributed by atoms with E-state index in [0.717, 1.165) is 48.8 Å². The van der Waals surface area contributed by atoms with Gasteiger partial charge in [0.15, 0.2) is 5.11 Å². The third-order valence-corrected chi connectivity index (χ3v) is 5.80. The molecule has 2 aromatic rings. The first-order valence-corrected chi connectivity index (χ1v) is 9.75. The van der Waals surface area contributed by atoms with E-state index in [1.54, 1.807) is 11.3 Å². The number of nitrogens with one attached hydrogen (secondary N) is 1. The lowest BCUT2D eigenvalue weighted by Crippen LogP contribution is -2.39. The van der Waals surface area contributed by atoms with Gasteiger partial charge in [-0.25, -0.2) is 0 Å². The summed E-state index contributed by atoms with van der Waals surface area (Å²) < 4.78 is 5.80. The van der Waals surface area contributed by atoms with Crippen LogP contribution >= 0.6 is 35.2 Å². The van der Waals surface area contributed by atoms with Crippen molar-refractivity contribution in [2.75, 3.05) is 18.5 Å². The van der Waals surface area contributed by atoms with Crippen LogP contribution in [0.2, 0.25) is 5.02 Å². The van der Waals surface area contributed by atoms with Crippen molar-refractivity contribution in [3.05, 3.63) is 51.2 Å². The number of hydrogen-bond acceptors (Lipinski definition) is 3. The minimum absolute atomic E-state index is 0.255. The zero-order valence-electron chi connectivity index (χ0n) is 13.6. The van der Waals surface area contributed by atoms with Gasteiger partial charge in [0.2, 0.25) is 0 Å².